The predicted molar refractivity (Wildman–Crippen MR) is 101 cm³/mol. The van der Waals surface area contributed by atoms with E-state index in [-0.39, 0.29) is 30.7 Å². The van der Waals surface area contributed by atoms with Crippen molar-refractivity contribution in [1.29, 1.82) is 0 Å². The second-order valence-corrected chi connectivity index (χ2v) is 6.60. The summed E-state index contributed by atoms with van der Waals surface area (Å²) in [6, 6.07) is 3.78. The summed E-state index contributed by atoms with van der Waals surface area (Å²) in [7, 11) is 0. The third-order valence-electron chi connectivity index (χ3n) is 5.18. The van der Waals surface area contributed by atoms with Crippen LogP contribution < -0.4 is 5.32 Å². The van der Waals surface area contributed by atoms with Gasteiger partial charge in [-0.1, -0.05) is 0 Å². The molecule has 1 spiro atoms. The number of aromatic nitrogens is 3. The number of carbonyl (C=O) groups is 1. The maximum Gasteiger partial charge on any atom is 0.257 e. The number of amides is 1. The molecule has 0 unspecified atom stereocenters. The summed E-state index contributed by atoms with van der Waals surface area (Å²) >= 11 is 0. The SMILES string of the molecule is Cl.Cl.O=C(c1cnn(-c2cccnc2)c1)N1CCC2(CCNC2)CC1. The number of hydrogen-bond acceptors (Lipinski definition) is 4. The summed E-state index contributed by atoms with van der Waals surface area (Å²) in [5.74, 6) is 0.0842. The predicted octanol–water partition coefficient (Wildman–Crippen LogP) is 2.33. The Hall–Kier alpha value is -1.63. The number of halogens is 2. The molecule has 1 N–H and O–H groups in total. The van der Waals surface area contributed by atoms with Gasteiger partial charge in [-0.2, -0.15) is 5.10 Å². The fraction of sp³-hybridized carbons (Fsp3) is 0.471. The number of nitrogens with zero attached hydrogens (tertiary/aromatic N) is 4. The highest BCUT2D eigenvalue weighted by Gasteiger charge is 2.38. The van der Waals surface area contributed by atoms with E-state index in [0.29, 0.717) is 11.0 Å². The van der Waals surface area contributed by atoms with Gasteiger partial charge in [-0.25, -0.2) is 4.68 Å². The molecular weight excluding hydrogens is 361 g/mol. The minimum absolute atomic E-state index is 0. The van der Waals surface area contributed by atoms with E-state index in [1.165, 1.54) is 6.42 Å². The van der Waals surface area contributed by atoms with Gasteiger partial charge in [0.25, 0.3) is 5.91 Å². The van der Waals surface area contributed by atoms with E-state index in [2.05, 4.69) is 15.4 Å². The monoisotopic (exact) mass is 383 g/mol. The normalized spacial score (nSPS) is 18.5. The molecule has 0 aromatic carbocycles. The van der Waals surface area contributed by atoms with Gasteiger partial charge in [0.1, 0.15) is 0 Å². The maximum absolute atomic E-state index is 12.7. The Morgan fingerprint density at radius 1 is 1.16 bits per heavy atom. The van der Waals surface area contributed by atoms with Crippen LogP contribution in [0.4, 0.5) is 0 Å². The molecule has 2 saturated heterocycles. The highest BCUT2D eigenvalue weighted by molar-refractivity contribution is 5.93. The smallest absolute Gasteiger partial charge is 0.257 e. The van der Waals surface area contributed by atoms with Crippen molar-refractivity contribution < 1.29 is 4.79 Å². The first kappa shape index (κ1) is 19.7. The van der Waals surface area contributed by atoms with Crippen molar-refractivity contribution in [3.05, 3.63) is 42.5 Å². The maximum atomic E-state index is 12.7. The van der Waals surface area contributed by atoms with Crippen LogP contribution in [0, 0.1) is 5.41 Å². The highest BCUT2D eigenvalue weighted by Crippen LogP contribution is 2.37. The Morgan fingerprint density at radius 2 is 1.96 bits per heavy atom. The average Bonchev–Trinajstić information content (AvgIpc) is 3.26. The summed E-state index contributed by atoms with van der Waals surface area (Å²) in [6.07, 6.45) is 10.3. The van der Waals surface area contributed by atoms with Gasteiger partial charge in [-0.3, -0.25) is 9.78 Å². The van der Waals surface area contributed by atoms with Crippen LogP contribution in [-0.2, 0) is 0 Å². The molecule has 2 aliphatic rings. The number of pyridine rings is 1. The van der Waals surface area contributed by atoms with Crippen LogP contribution in [0.5, 0.6) is 0 Å². The number of likely N-dealkylation sites (tertiary alicyclic amines) is 1. The molecule has 2 fully saturated rings. The van der Waals surface area contributed by atoms with Crippen LogP contribution in [0.15, 0.2) is 36.9 Å². The van der Waals surface area contributed by atoms with Crippen LogP contribution in [-0.4, -0.2) is 51.8 Å². The zero-order valence-electron chi connectivity index (χ0n) is 13.9. The molecule has 25 heavy (non-hydrogen) atoms. The van der Waals surface area contributed by atoms with Gasteiger partial charge in [0.05, 0.1) is 23.6 Å². The lowest BCUT2D eigenvalue weighted by molar-refractivity contribution is 0.0607. The Labute approximate surface area is 159 Å². The van der Waals surface area contributed by atoms with E-state index in [1.54, 1.807) is 29.5 Å². The molecule has 0 atom stereocenters. The zero-order chi connectivity index (χ0) is 15.7. The molecule has 0 bridgehead atoms. The molecular formula is C17H23Cl2N5O. The number of piperidine rings is 1. The fourth-order valence-electron chi connectivity index (χ4n) is 3.65. The van der Waals surface area contributed by atoms with Crippen molar-refractivity contribution in [3.63, 3.8) is 0 Å². The second kappa shape index (κ2) is 8.17. The van der Waals surface area contributed by atoms with E-state index in [1.807, 2.05) is 17.0 Å². The standard InChI is InChI=1S/C17H21N5O.2ClH/c23-16(21-8-4-17(5-9-21)3-7-19-13-17)14-10-20-22(12-14)15-2-1-6-18-11-15;;/h1-2,6,10-12,19H,3-5,7-9,13H2;2*1H. The van der Waals surface area contributed by atoms with Crippen LogP contribution in [0.3, 0.4) is 0 Å². The van der Waals surface area contributed by atoms with Crippen LogP contribution >= 0.6 is 24.8 Å². The van der Waals surface area contributed by atoms with Crippen LogP contribution in [0.2, 0.25) is 0 Å². The summed E-state index contributed by atoms with van der Waals surface area (Å²) in [4.78, 5) is 18.7. The lowest BCUT2D eigenvalue weighted by Gasteiger charge is -2.38. The summed E-state index contributed by atoms with van der Waals surface area (Å²) in [5, 5.41) is 7.75. The van der Waals surface area contributed by atoms with E-state index < -0.39 is 0 Å². The molecule has 0 aliphatic carbocycles. The third kappa shape index (κ3) is 3.97. The molecule has 2 aromatic rings. The van der Waals surface area contributed by atoms with Crippen molar-refractivity contribution in [2.45, 2.75) is 19.3 Å². The van der Waals surface area contributed by atoms with Gasteiger partial charge < -0.3 is 10.2 Å². The Morgan fingerprint density at radius 3 is 2.60 bits per heavy atom. The largest absolute Gasteiger partial charge is 0.339 e. The van der Waals surface area contributed by atoms with E-state index in [0.717, 1.165) is 44.7 Å². The van der Waals surface area contributed by atoms with Crippen molar-refractivity contribution in [1.82, 2.24) is 25.0 Å². The van der Waals surface area contributed by atoms with Gasteiger partial charge in [0, 0.05) is 32.0 Å². The van der Waals surface area contributed by atoms with E-state index in [9.17, 15) is 4.79 Å². The molecule has 4 heterocycles. The number of nitrogens with one attached hydrogen (secondary N) is 1. The molecule has 2 aliphatic heterocycles. The van der Waals surface area contributed by atoms with Gasteiger partial charge in [0.15, 0.2) is 0 Å². The number of rotatable bonds is 2. The molecule has 6 nitrogen and oxygen atoms in total. The summed E-state index contributed by atoms with van der Waals surface area (Å²) < 4.78 is 1.70. The Balaban J connectivity index is 0.00000113. The van der Waals surface area contributed by atoms with Crippen LogP contribution in [0.25, 0.3) is 5.69 Å². The molecule has 8 heteroatoms. The quantitative estimate of drug-likeness (QED) is 0.864. The topological polar surface area (TPSA) is 63.1 Å². The van der Waals surface area contributed by atoms with Gasteiger partial charge >= 0.3 is 0 Å². The van der Waals surface area contributed by atoms with Gasteiger partial charge in [-0.15, -0.1) is 24.8 Å². The first-order chi connectivity index (χ1) is 11.3. The molecule has 0 saturated carbocycles. The van der Waals surface area contributed by atoms with Crippen LogP contribution in [0.1, 0.15) is 29.6 Å². The van der Waals surface area contributed by atoms with Crippen molar-refractivity contribution in [3.8, 4) is 5.69 Å². The third-order valence-corrected chi connectivity index (χ3v) is 5.18. The van der Waals surface area contributed by atoms with Crippen molar-refractivity contribution >= 4 is 30.7 Å². The zero-order valence-corrected chi connectivity index (χ0v) is 15.6. The first-order valence-corrected chi connectivity index (χ1v) is 8.21. The van der Waals surface area contributed by atoms with Crippen molar-refractivity contribution in [2.75, 3.05) is 26.2 Å². The molecule has 136 valence electrons. The highest BCUT2D eigenvalue weighted by atomic mass is 35.5. The Bertz CT molecular complexity index is 690. The average molecular weight is 384 g/mol. The van der Waals surface area contributed by atoms with E-state index in [4.69, 9.17) is 0 Å². The Kier molecular flexibility index (Phi) is 6.43. The minimum Gasteiger partial charge on any atom is -0.339 e. The minimum atomic E-state index is 0. The lowest BCUT2D eigenvalue weighted by Crippen LogP contribution is -2.43. The number of carbonyl (C=O) groups excluding carboxylic acids is 1. The lowest BCUT2D eigenvalue weighted by atomic mass is 9.78. The van der Waals surface area contributed by atoms with Crippen molar-refractivity contribution in [2.24, 2.45) is 5.41 Å². The first-order valence-electron chi connectivity index (χ1n) is 8.21. The molecule has 0 radical (unpaired) electrons. The van der Waals surface area contributed by atoms with Gasteiger partial charge in [0.2, 0.25) is 0 Å². The number of hydrogen-bond donors (Lipinski definition) is 1. The van der Waals surface area contributed by atoms with E-state index >= 15 is 0 Å². The fourth-order valence-corrected chi connectivity index (χ4v) is 3.65. The summed E-state index contributed by atoms with van der Waals surface area (Å²) in [5.41, 5.74) is 1.94. The second-order valence-electron chi connectivity index (χ2n) is 6.60. The molecule has 2 aromatic heterocycles. The molecule has 1 amide bonds. The molecule has 4 rings (SSSR count). The van der Waals surface area contributed by atoms with Gasteiger partial charge in [-0.05, 0) is 43.4 Å². The summed E-state index contributed by atoms with van der Waals surface area (Å²) in [6.45, 7) is 3.91.